The Morgan fingerprint density at radius 1 is 0.909 bits per heavy atom. The second-order valence-electron chi connectivity index (χ2n) is 6.73. The molecule has 0 heterocycles. The smallest absolute Gasteiger partial charge is 0.269 e. The molecule has 0 aromatic heterocycles. The zero-order valence-corrected chi connectivity index (χ0v) is 18.6. The van der Waals surface area contributed by atoms with Gasteiger partial charge in [-0.3, -0.25) is 25.8 Å². The second-order valence-corrected chi connectivity index (χ2v) is 7.14. The van der Waals surface area contributed by atoms with Crippen molar-refractivity contribution in [3.63, 3.8) is 0 Å². The van der Waals surface area contributed by atoms with Gasteiger partial charge >= 0.3 is 0 Å². The molecule has 0 bridgehead atoms. The summed E-state index contributed by atoms with van der Waals surface area (Å²) in [7, 11) is 0. The number of benzene rings is 3. The molecule has 33 heavy (non-hydrogen) atoms. The Kier molecular flexibility index (Phi) is 8.14. The number of anilines is 1. The van der Waals surface area contributed by atoms with Gasteiger partial charge in [-0.1, -0.05) is 12.1 Å². The van der Waals surface area contributed by atoms with E-state index in [1.807, 2.05) is 31.2 Å². The Hall–Kier alpha value is -4.18. The quantitative estimate of drug-likeness (QED) is 0.257. The standard InChI is InChI=1S/C23H22N4O5S/c1-2-31-20-11-13-21(14-12-20)32-15-16-3-5-17(6-4-16)22(28)25-26-23(33)24-18-7-9-19(10-8-18)27(29)30/h3-14H,2,15H2,1H3,(H,25,28)(H2,24,26,33). The molecule has 170 valence electrons. The number of hydrogen-bond acceptors (Lipinski definition) is 6. The number of nitro benzene ring substituents is 1. The molecule has 0 unspecified atom stereocenters. The average molecular weight is 467 g/mol. The minimum absolute atomic E-state index is 0.0268. The van der Waals surface area contributed by atoms with Gasteiger partial charge in [-0.05, 0) is 73.2 Å². The van der Waals surface area contributed by atoms with E-state index < -0.39 is 4.92 Å². The first kappa shape index (κ1) is 23.5. The van der Waals surface area contributed by atoms with E-state index >= 15 is 0 Å². The van der Waals surface area contributed by atoms with E-state index in [4.69, 9.17) is 21.7 Å². The van der Waals surface area contributed by atoms with E-state index in [-0.39, 0.29) is 16.7 Å². The summed E-state index contributed by atoms with van der Waals surface area (Å²) in [6.45, 7) is 2.90. The Labute approximate surface area is 195 Å². The second kappa shape index (κ2) is 11.4. The number of thiocarbonyl (C=S) groups is 1. The maximum Gasteiger partial charge on any atom is 0.269 e. The molecule has 3 aromatic rings. The highest BCUT2D eigenvalue weighted by Crippen LogP contribution is 2.19. The minimum atomic E-state index is -0.488. The number of hydrazine groups is 1. The summed E-state index contributed by atoms with van der Waals surface area (Å²) in [6, 6.07) is 20.1. The van der Waals surface area contributed by atoms with Crippen LogP contribution in [-0.4, -0.2) is 22.5 Å². The lowest BCUT2D eigenvalue weighted by atomic mass is 10.1. The first-order valence-corrected chi connectivity index (χ1v) is 10.4. The number of carbonyl (C=O) groups excluding carboxylic acids is 1. The maximum atomic E-state index is 12.3. The first-order chi connectivity index (χ1) is 15.9. The molecule has 0 aliphatic rings. The molecule has 9 nitrogen and oxygen atoms in total. The fourth-order valence-electron chi connectivity index (χ4n) is 2.73. The molecule has 0 saturated carbocycles. The number of carbonyl (C=O) groups is 1. The highest BCUT2D eigenvalue weighted by molar-refractivity contribution is 7.80. The lowest BCUT2D eigenvalue weighted by molar-refractivity contribution is -0.384. The molecule has 0 atom stereocenters. The van der Waals surface area contributed by atoms with E-state index in [1.54, 1.807) is 24.3 Å². The van der Waals surface area contributed by atoms with Crippen molar-refractivity contribution in [1.82, 2.24) is 10.9 Å². The fourth-order valence-corrected chi connectivity index (χ4v) is 2.90. The van der Waals surface area contributed by atoms with Gasteiger partial charge in [0.2, 0.25) is 0 Å². The Bertz CT molecular complexity index is 1100. The van der Waals surface area contributed by atoms with Gasteiger partial charge in [0.1, 0.15) is 18.1 Å². The number of ether oxygens (including phenoxy) is 2. The molecule has 0 fully saturated rings. The van der Waals surface area contributed by atoms with Crippen LogP contribution >= 0.6 is 12.2 Å². The number of nitro groups is 1. The number of amides is 1. The number of nitrogens with zero attached hydrogens (tertiary/aromatic N) is 1. The molecule has 0 aliphatic heterocycles. The van der Waals surface area contributed by atoms with Crippen LogP contribution in [0.2, 0.25) is 0 Å². The Morgan fingerprint density at radius 3 is 2.09 bits per heavy atom. The maximum absolute atomic E-state index is 12.3. The van der Waals surface area contributed by atoms with Gasteiger partial charge in [0.25, 0.3) is 11.6 Å². The molecule has 3 rings (SSSR count). The minimum Gasteiger partial charge on any atom is -0.494 e. The van der Waals surface area contributed by atoms with E-state index in [9.17, 15) is 14.9 Å². The van der Waals surface area contributed by atoms with Crippen LogP contribution in [0.1, 0.15) is 22.8 Å². The zero-order valence-electron chi connectivity index (χ0n) is 17.7. The summed E-state index contributed by atoms with van der Waals surface area (Å²) in [6.07, 6.45) is 0. The lowest BCUT2D eigenvalue weighted by Gasteiger charge is -2.12. The van der Waals surface area contributed by atoms with Crippen LogP contribution in [0.25, 0.3) is 0 Å². The van der Waals surface area contributed by atoms with Crippen LogP contribution in [0.4, 0.5) is 11.4 Å². The molecule has 0 radical (unpaired) electrons. The van der Waals surface area contributed by atoms with E-state index in [2.05, 4.69) is 16.2 Å². The summed E-state index contributed by atoms with van der Waals surface area (Å²) < 4.78 is 11.2. The van der Waals surface area contributed by atoms with Crippen LogP contribution in [0.5, 0.6) is 11.5 Å². The van der Waals surface area contributed by atoms with Crippen LogP contribution in [0, 0.1) is 10.1 Å². The van der Waals surface area contributed by atoms with Gasteiger partial charge in [-0.25, -0.2) is 0 Å². The molecular weight excluding hydrogens is 444 g/mol. The molecule has 10 heteroatoms. The van der Waals surface area contributed by atoms with Crippen molar-refractivity contribution < 1.29 is 19.2 Å². The van der Waals surface area contributed by atoms with Gasteiger partial charge in [0.15, 0.2) is 5.11 Å². The van der Waals surface area contributed by atoms with Crippen molar-refractivity contribution in [2.75, 3.05) is 11.9 Å². The van der Waals surface area contributed by atoms with Gasteiger partial charge in [0.05, 0.1) is 11.5 Å². The van der Waals surface area contributed by atoms with E-state index in [1.165, 1.54) is 24.3 Å². The molecule has 3 N–H and O–H groups in total. The summed E-state index contributed by atoms with van der Waals surface area (Å²) in [5.41, 5.74) is 6.95. The molecule has 3 aromatic carbocycles. The molecule has 0 spiro atoms. The molecule has 1 amide bonds. The summed E-state index contributed by atoms with van der Waals surface area (Å²) in [4.78, 5) is 22.5. The van der Waals surface area contributed by atoms with Gasteiger partial charge in [0, 0.05) is 23.4 Å². The Balaban J connectivity index is 1.44. The molecular formula is C23H22N4O5S. The van der Waals surface area contributed by atoms with Gasteiger partial charge < -0.3 is 14.8 Å². The first-order valence-electron chi connectivity index (χ1n) is 10.0. The van der Waals surface area contributed by atoms with Crippen molar-refractivity contribution in [2.24, 2.45) is 0 Å². The summed E-state index contributed by atoms with van der Waals surface area (Å²) in [5.74, 6) is 1.14. The summed E-state index contributed by atoms with van der Waals surface area (Å²) in [5, 5.41) is 13.7. The average Bonchev–Trinajstić information content (AvgIpc) is 2.83. The predicted molar refractivity (Wildman–Crippen MR) is 128 cm³/mol. The van der Waals surface area contributed by atoms with Crippen molar-refractivity contribution in [2.45, 2.75) is 13.5 Å². The number of rotatable bonds is 8. The van der Waals surface area contributed by atoms with Gasteiger partial charge in [-0.2, -0.15) is 0 Å². The number of nitrogens with one attached hydrogen (secondary N) is 3. The predicted octanol–water partition coefficient (Wildman–Crippen LogP) is 4.20. The van der Waals surface area contributed by atoms with Crippen molar-refractivity contribution in [3.8, 4) is 11.5 Å². The topological polar surface area (TPSA) is 115 Å². The van der Waals surface area contributed by atoms with Crippen molar-refractivity contribution >= 4 is 34.6 Å². The third kappa shape index (κ3) is 7.18. The van der Waals surface area contributed by atoms with Crippen molar-refractivity contribution in [1.29, 1.82) is 0 Å². The van der Waals surface area contributed by atoms with E-state index in [0.717, 1.165) is 17.1 Å². The zero-order chi connectivity index (χ0) is 23.6. The van der Waals surface area contributed by atoms with Crippen LogP contribution in [0.15, 0.2) is 72.8 Å². The monoisotopic (exact) mass is 466 g/mol. The SMILES string of the molecule is CCOc1ccc(OCc2ccc(C(=O)NNC(=S)Nc3ccc([N+](=O)[O-])cc3)cc2)cc1. The largest absolute Gasteiger partial charge is 0.494 e. The molecule has 0 aliphatic carbocycles. The van der Waals surface area contributed by atoms with Crippen LogP contribution in [-0.2, 0) is 6.61 Å². The summed E-state index contributed by atoms with van der Waals surface area (Å²) >= 11 is 5.12. The van der Waals surface area contributed by atoms with Crippen LogP contribution in [0.3, 0.4) is 0 Å². The third-order valence-corrected chi connectivity index (χ3v) is 4.59. The van der Waals surface area contributed by atoms with Gasteiger partial charge in [-0.15, -0.1) is 0 Å². The van der Waals surface area contributed by atoms with E-state index in [0.29, 0.717) is 24.5 Å². The highest BCUT2D eigenvalue weighted by Gasteiger charge is 2.08. The number of non-ortho nitro benzene ring substituents is 1. The molecule has 0 saturated heterocycles. The van der Waals surface area contributed by atoms with Crippen molar-refractivity contribution in [3.05, 3.63) is 94.0 Å². The Morgan fingerprint density at radius 2 is 1.52 bits per heavy atom. The van der Waals surface area contributed by atoms with Crippen LogP contribution < -0.4 is 25.6 Å². The number of hydrogen-bond donors (Lipinski definition) is 3. The third-order valence-electron chi connectivity index (χ3n) is 4.38. The lowest BCUT2D eigenvalue weighted by Crippen LogP contribution is -2.43. The normalized spacial score (nSPS) is 10.1. The fraction of sp³-hybridized carbons (Fsp3) is 0.130. The highest BCUT2D eigenvalue weighted by atomic mass is 32.1.